The van der Waals surface area contributed by atoms with E-state index in [0.29, 0.717) is 42.7 Å². The number of halogens is 1. The van der Waals surface area contributed by atoms with Gasteiger partial charge in [-0.05, 0) is 45.3 Å². The van der Waals surface area contributed by atoms with Gasteiger partial charge in [0.05, 0.1) is 28.4 Å². The Morgan fingerprint density at radius 3 is 2.48 bits per heavy atom. The molecule has 0 unspecified atom stereocenters. The van der Waals surface area contributed by atoms with Crippen molar-refractivity contribution in [2.75, 3.05) is 58.4 Å². The molecule has 4 heterocycles. The summed E-state index contributed by atoms with van der Waals surface area (Å²) in [5.74, 6) is 9.47. The SMILES string of the molecule is CN(C)CCCNC(=O)c1cc(-c2ncc(F)c3c(C(=O)C(=O)N4CCN(/C(=N/N)N(N)c5ccccc5)CC4)c[nH]c23)nn1C. The third-order valence-corrected chi connectivity index (χ3v) is 7.74. The van der Waals surface area contributed by atoms with E-state index in [4.69, 9.17) is 11.7 Å². The van der Waals surface area contributed by atoms with E-state index in [1.807, 2.05) is 54.2 Å². The third-order valence-electron chi connectivity index (χ3n) is 7.74. The number of nitrogens with one attached hydrogen (secondary N) is 2. The van der Waals surface area contributed by atoms with E-state index in [9.17, 15) is 14.4 Å². The number of amides is 2. The molecular formula is C30H37FN12O3. The Balaban J connectivity index is 1.30. The average Bonchev–Trinajstić information content (AvgIpc) is 3.68. The largest absolute Gasteiger partial charge is 0.359 e. The van der Waals surface area contributed by atoms with Gasteiger partial charge in [-0.3, -0.25) is 19.1 Å². The molecule has 5 rings (SSSR count). The minimum absolute atomic E-state index is 0.0819. The van der Waals surface area contributed by atoms with Gasteiger partial charge in [-0.1, -0.05) is 18.2 Å². The number of rotatable bonds is 9. The fourth-order valence-corrected chi connectivity index (χ4v) is 5.33. The number of nitrogens with zero attached hydrogens (tertiary/aromatic N) is 8. The van der Waals surface area contributed by atoms with E-state index in [0.717, 1.165) is 19.2 Å². The zero-order valence-electron chi connectivity index (χ0n) is 25.9. The van der Waals surface area contributed by atoms with Crippen LogP contribution in [-0.2, 0) is 11.8 Å². The molecule has 1 aliphatic rings. The molecule has 0 saturated carbocycles. The van der Waals surface area contributed by atoms with Crippen molar-refractivity contribution in [2.24, 2.45) is 23.8 Å². The monoisotopic (exact) mass is 632 g/mol. The van der Waals surface area contributed by atoms with E-state index in [1.165, 1.54) is 20.8 Å². The molecule has 0 spiro atoms. The van der Waals surface area contributed by atoms with Crippen LogP contribution in [0, 0.1) is 5.82 Å². The molecule has 4 aromatic rings. The Hall–Kier alpha value is -5.35. The van der Waals surface area contributed by atoms with E-state index in [2.05, 4.69) is 25.5 Å². The van der Waals surface area contributed by atoms with Gasteiger partial charge in [-0.2, -0.15) is 5.10 Å². The third kappa shape index (κ3) is 6.52. The lowest BCUT2D eigenvalue weighted by molar-refractivity contribution is -0.127. The Morgan fingerprint density at radius 2 is 1.80 bits per heavy atom. The maximum atomic E-state index is 15.2. The number of para-hydroxylation sites is 1. The van der Waals surface area contributed by atoms with Crippen molar-refractivity contribution >= 4 is 40.1 Å². The molecule has 3 aromatic heterocycles. The van der Waals surface area contributed by atoms with Crippen molar-refractivity contribution in [1.29, 1.82) is 0 Å². The molecule has 0 bridgehead atoms. The van der Waals surface area contributed by atoms with Gasteiger partial charge < -0.3 is 30.8 Å². The number of benzene rings is 1. The number of nitrogens with two attached hydrogens (primary N) is 2. The fraction of sp³-hybridized carbons (Fsp3) is 0.333. The maximum Gasteiger partial charge on any atom is 0.295 e. The van der Waals surface area contributed by atoms with Crippen LogP contribution >= 0.6 is 0 Å². The van der Waals surface area contributed by atoms with Crippen molar-refractivity contribution in [1.82, 2.24) is 39.8 Å². The minimum atomic E-state index is -0.869. The number of Topliss-reactive ketones (excluding diaryl/α,β-unsaturated/α-hetero) is 1. The first kappa shape index (κ1) is 32.1. The Labute approximate surface area is 264 Å². The lowest BCUT2D eigenvalue weighted by Gasteiger charge is -2.38. The number of carbonyl (C=O) groups is 3. The van der Waals surface area contributed by atoms with Crippen LogP contribution in [0.15, 0.2) is 53.9 Å². The highest BCUT2D eigenvalue weighted by Crippen LogP contribution is 2.30. The molecule has 0 atom stereocenters. The number of hydrogen-bond acceptors (Lipinski definition) is 9. The van der Waals surface area contributed by atoms with Gasteiger partial charge in [0.1, 0.15) is 17.1 Å². The molecular weight excluding hydrogens is 595 g/mol. The van der Waals surface area contributed by atoms with Crippen LogP contribution in [0.4, 0.5) is 10.1 Å². The second kappa shape index (κ2) is 13.7. The highest BCUT2D eigenvalue weighted by molar-refractivity contribution is 6.45. The quantitative estimate of drug-likeness (QED) is 0.0390. The number of hydrogen-bond donors (Lipinski definition) is 4. The number of ketones is 1. The Kier molecular flexibility index (Phi) is 9.58. The van der Waals surface area contributed by atoms with Crippen molar-refractivity contribution in [3.63, 3.8) is 0 Å². The molecule has 1 saturated heterocycles. The number of piperazine rings is 1. The minimum Gasteiger partial charge on any atom is -0.359 e. The summed E-state index contributed by atoms with van der Waals surface area (Å²) in [6.07, 6.45) is 3.04. The van der Waals surface area contributed by atoms with Crippen LogP contribution in [0.5, 0.6) is 0 Å². The van der Waals surface area contributed by atoms with Crippen molar-refractivity contribution in [3.8, 4) is 11.4 Å². The number of carbonyl (C=O) groups excluding carboxylic acids is 3. The van der Waals surface area contributed by atoms with Crippen LogP contribution in [-0.4, -0.2) is 111 Å². The number of aromatic amines is 1. The summed E-state index contributed by atoms with van der Waals surface area (Å²) in [6.45, 7) is 2.33. The molecule has 15 nitrogen and oxygen atoms in total. The summed E-state index contributed by atoms with van der Waals surface area (Å²) in [4.78, 5) is 51.9. The number of guanidine groups is 1. The number of aryl methyl sites for hydroxylation is 1. The molecule has 0 aliphatic carbocycles. The van der Waals surface area contributed by atoms with Gasteiger partial charge >= 0.3 is 0 Å². The van der Waals surface area contributed by atoms with E-state index < -0.39 is 17.5 Å². The smallest absolute Gasteiger partial charge is 0.295 e. The molecule has 1 fully saturated rings. The highest BCUT2D eigenvalue weighted by Gasteiger charge is 2.32. The fourth-order valence-electron chi connectivity index (χ4n) is 5.33. The normalized spacial score (nSPS) is 13.8. The molecule has 242 valence electrons. The van der Waals surface area contributed by atoms with Gasteiger partial charge in [0.15, 0.2) is 5.82 Å². The molecule has 6 N–H and O–H groups in total. The van der Waals surface area contributed by atoms with Crippen LogP contribution in [0.2, 0.25) is 0 Å². The van der Waals surface area contributed by atoms with Gasteiger partial charge in [-0.15, -0.1) is 5.10 Å². The molecule has 16 heteroatoms. The average molecular weight is 633 g/mol. The maximum absolute atomic E-state index is 15.2. The van der Waals surface area contributed by atoms with Crippen molar-refractivity contribution in [3.05, 3.63) is 65.9 Å². The summed E-state index contributed by atoms with van der Waals surface area (Å²) in [7, 11) is 5.54. The molecule has 46 heavy (non-hydrogen) atoms. The summed E-state index contributed by atoms with van der Waals surface area (Å²) < 4.78 is 16.6. The lowest BCUT2D eigenvalue weighted by atomic mass is 10.1. The molecule has 1 aliphatic heterocycles. The summed E-state index contributed by atoms with van der Waals surface area (Å²) in [5, 5.41) is 12.4. The second-order valence-corrected chi connectivity index (χ2v) is 11.1. The van der Waals surface area contributed by atoms with Crippen molar-refractivity contribution < 1.29 is 18.8 Å². The Bertz CT molecular complexity index is 1760. The zero-order valence-corrected chi connectivity index (χ0v) is 25.9. The predicted molar refractivity (Wildman–Crippen MR) is 171 cm³/mol. The number of anilines is 1. The number of fused-ring (bicyclic) bond motifs is 1. The highest BCUT2D eigenvalue weighted by atomic mass is 19.1. The van der Waals surface area contributed by atoms with Gasteiger partial charge in [0, 0.05) is 46.0 Å². The number of hydrazine groups is 1. The number of pyridine rings is 1. The van der Waals surface area contributed by atoms with Crippen LogP contribution in [0.3, 0.4) is 0 Å². The first-order valence-electron chi connectivity index (χ1n) is 14.7. The number of aromatic nitrogens is 4. The lowest BCUT2D eigenvalue weighted by Crippen LogP contribution is -2.57. The molecule has 2 amide bonds. The molecule has 1 aromatic carbocycles. The number of hydrazone groups is 1. The first-order valence-corrected chi connectivity index (χ1v) is 14.7. The Morgan fingerprint density at radius 1 is 1.11 bits per heavy atom. The second-order valence-electron chi connectivity index (χ2n) is 11.1. The standard InChI is InChI=1S/C30H37FN12O3/c1-39(2)11-7-10-34-28(45)23-16-22(38-40(23)3)25-26-24(21(31)18-36-25)20(17-35-26)27(44)29(46)41-12-14-42(15-13-41)30(37-32)43(33)19-8-5-4-6-9-19/h4-6,8-9,16-18,35H,7,10-15,32-33H2,1-3H3,(H,34,45)/b37-30-. The van der Waals surface area contributed by atoms with Crippen LogP contribution in [0.1, 0.15) is 27.3 Å². The van der Waals surface area contributed by atoms with Gasteiger partial charge in [0.2, 0.25) is 5.96 Å². The predicted octanol–water partition coefficient (Wildman–Crippen LogP) is 0.721. The van der Waals surface area contributed by atoms with E-state index in [1.54, 1.807) is 13.1 Å². The van der Waals surface area contributed by atoms with Gasteiger partial charge in [0.25, 0.3) is 17.6 Å². The van der Waals surface area contributed by atoms with E-state index >= 15 is 4.39 Å². The summed E-state index contributed by atoms with van der Waals surface area (Å²) in [5.41, 5.74) is 1.56. The van der Waals surface area contributed by atoms with Crippen molar-refractivity contribution in [2.45, 2.75) is 6.42 Å². The molecule has 0 radical (unpaired) electrons. The summed E-state index contributed by atoms with van der Waals surface area (Å²) >= 11 is 0. The number of H-pyrrole nitrogens is 1. The van der Waals surface area contributed by atoms with E-state index in [-0.39, 0.29) is 41.2 Å². The van der Waals surface area contributed by atoms with Crippen LogP contribution < -0.4 is 22.0 Å². The first-order chi connectivity index (χ1) is 22.1. The zero-order chi connectivity index (χ0) is 33.0. The summed E-state index contributed by atoms with van der Waals surface area (Å²) in [6, 6.07) is 10.7. The van der Waals surface area contributed by atoms with Crippen LogP contribution in [0.25, 0.3) is 22.3 Å². The topological polar surface area (TPSA) is 187 Å². The van der Waals surface area contributed by atoms with Gasteiger partial charge in [-0.25, -0.2) is 20.2 Å².